The number of carbonyl (C=O) groups excluding carboxylic acids is 1. The molecule has 3 aromatic heterocycles. The molecule has 2 aliphatic heterocycles. The van der Waals surface area contributed by atoms with Crippen LogP contribution in [0.1, 0.15) is 22.5 Å². The van der Waals surface area contributed by atoms with Gasteiger partial charge in [-0.25, -0.2) is 9.07 Å². The van der Waals surface area contributed by atoms with E-state index in [2.05, 4.69) is 20.3 Å². The Balaban J connectivity index is 1.36. The van der Waals surface area contributed by atoms with E-state index in [4.69, 9.17) is 4.74 Å². The molecule has 5 heterocycles. The molecular weight excluding hydrogens is 377 g/mol. The lowest BCUT2D eigenvalue weighted by molar-refractivity contribution is 0.0996. The molecule has 0 aliphatic carbocycles. The summed E-state index contributed by atoms with van der Waals surface area (Å²) in [4.78, 5) is 20.4. The van der Waals surface area contributed by atoms with E-state index in [1.54, 1.807) is 53.5 Å². The van der Waals surface area contributed by atoms with Gasteiger partial charge in [0.15, 0.2) is 11.6 Å². The van der Waals surface area contributed by atoms with Crippen LogP contribution in [0.2, 0.25) is 0 Å². The van der Waals surface area contributed by atoms with Crippen molar-refractivity contribution in [2.75, 3.05) is 30.0 Å². The quantitative estimate of drug-likeness (QED) is 0.665. The second-order valence-electron chi connectivity index (χ2n) is 6.99. The monoisotopic (exact) mass is 395 g/mol. The molecule has 0 saturated carbocycles. The van der Waals surface area contributed by atoms with Crippen molar-refractivity contribution in [3.05, 3.63) is 48.0 Å². The van der Waals surface area contributed by atoms with Gasteiger partial charge >= 0.3 is 0 Å². The highest BCUT2D eigenvalue weighted by atomic mass is 19.1. The van der Waals surface area contributed by atoms with Crippen LogP contribution in [0.5, 0.6) is 5.75 Å². The minimum atomic E-state index is -0.820. The van der Waals surface area contributed by atoms with E-state index >= 15 is 0 Å². The number of hydrogen-bond donors (Lipinski definition) is 0. The third-order valence-electron chi connectivity index (χ3n) is 5.15. The number of fused-ring (bicyclic) bond motifs is 1. The first kappa shape index (κ1) is 17.5. The zero-order valence-corrected chi connectivity index (χ0v) is 15.7. The van der Waals surface area contributed by atoms with E-state index < -0.39 is 6.17 Å². The molecule has 29 heavy (non-hydrogen) atoms. The van der Waals surface area contributed by atoms with Gasteiger partial charge in [-0.15, -0.1) is 10.2 Å². The first-order valence-corrected chi connectivity index (χ1v) is 9.25. The number of anilines is 2. The smallest absolute Gasteiger partial charge is 0.262 e. The van der Waals surface area contributed by atoms with Crippen molar-refractivity contribution in [3.8, 4) is 11.6 Å². The van der Waals surface area contributed by atoms with Gasteiger partial charge in [-0.2, -0.15) is 5.10 Å². The summed E-state index contributed by atoms with van der Waals surface area (Å²) in [5.74, 6) is 1.57. The molecule has 10 heteroatoms. The Morgan fingerprint density at radius 3 is 2.72 bits per heavy atom. The van der Waals surface area contributed by atoms with Gasteiger partial charge < -0.3 is 14.5 Å². The van der Waals surface area contributed by atoms with Gasteiger partial charge in [0.25, 0.3) is 5.91 Å². The molecule has 0 bridgehead atoms. The van der Waals surface area contributed by atoms with Crippen LogP contribution in [0.15, 0.2) is 36.8 Å². The Bertz CT molecular complexity index is 1070. The molecule has 0 aromatic carbocycles. The van der Waals surface area contributed by atoms with E-state index in [1.807, 2.05) is 4.90 Å². The Kier molecular flexibility index (Phi) is 4.11. The van der Waals surface area contributed by atoms with Gasteiger partial charge in [0.05, 0.1) is 49.5 Å². The zero-order chi connectivity index (χ0) is 20.0. The number of pyridine rings is 1. The van der Waals surface area contributed by atoms with E-state index in [0.29, 0.717) is 60.4 Å². The van der Waals surface area contributed by atoms with Crippen LogP contribution in [-0.2, 0) is 6.54 Å². The fourth-order valence-corrected chi connectivity index (χ4v) is 3.60. The Labute approximate surface area is 165 Å². The van der Waals surface area contributed by atoms with Crippen LogP contribution in [0.4, 0.5) is 15.9 Å². The van der Waals surface area contributed by atoms with Gasteiger partial charge in [0.2, 0.25) is 0 Å². The van der Waals surface area contributed by atoms with Crippen molar-refractivity contribution in [2.45, 2.75) is 19.1 Å². The SMILES string of the molecule is COc1cncc(N2Cc3nn(-c4ccc(N5CC[C@@H](F)C5)nn4)cc3C2=O)c1. The highest BCUT2D eigenvalue weighted by molar-refractivity contribution is 6.09. The lowest BCUT2D eigenvalue weighted by Gasteiger charge is -2.16. The minimum Gasteiger partial charge on any atom is -0.495 e. The second-order valence-corrected chi connectivity index (χ2v) is 6.99. The summed E-state index contributed by atoms with van der Waals surface area (Å²) in [6, 6.07) is 5.32. The number of amides is 1. The molecule has 148 valence electrons. The van der Waals surface area contributed by atoms with E-state index in [1.165, 1.54) is 0 Å². The summed E-state index contributed by atoms with van der Waals surface area (Å²) in [7, 11) is 1.55. The Hall–Kier alpha value is -3.56. The Morgan fingerprint density at radius 2 is 2.03 bits per heavy atom. The lowest BCUT2D eigenvalue weighted by atomic mass is 10.3. The van der Waals surface area contributed by atoms with Gasteiger partial charge in [-0.1, -0.05) is 0 Å². The number of halogens is 1. The fraction of sp³-hybridized carbons (Fsp3) is 0.316. The molecule has 1 atom stereocenters. The third-order valence-corrected chi connectivity index (χ3v) is 5.15. The normalized spacial score (nSPS) is 18.4. The fourth-order valence-electron chi connectivity index (χ4n) is 3.60. The minimum absolute atomic E-state index is 0.156. The number of alkyl halides is 1. The van der Waals surface area contributed by atoms with Crippen molar-refractivity contribution in [1.29, 1.82) is 0 Å². The third kappa shape index (κ3) is 3.06. The molecule has 1 amide bonds. The number of rotatable bonds is 4. The van der Waals surface area contributed by atoms with Gasteiger partial charge in [0, 0.05) is 18.8 Å². The van der Waals surface area contributed by atoms with Crippen LogP contribution in [-0.4, -0.2) is 57.2 Å². The van der Waals surface area contributed by atoms with E-state index in [-0.39, 0.29) is 5.91 Å². The van der Waals surface area contributed by atoms with Gasteiger partial charge in [-0.05, 0) is 18.6 Å². The van der Waals surface area contributed by atoms with Crippen molar-refractivity contribution in [1.82, 2.24) is 25.0 Å². The van der Waals surface area contributed by atoms with Crippen molar-refractivity contribution < 1.29 is 13.9 Å². The summed E-state index contributed by atoms with van der Waals surface area (Å²) in [5, 5.41) is 12.9. The number of nitrogens with zero attached hydrogens (tertiary/aromatic N) is 7. The number of hydrogen-bond acceptors (Lipinski definition) is 7. The molecule has 2 aliphatic rings. The predicted octanol–water partition coefficient (Wildman–Crippen LogP) is 1.77. The number of carbonyl (C=O) groups is 1. The number of aromatic nitrogens is 5. The van der Waals surface area contributed by atoms with Crippen LogP contribution in [0.25, 0.3) is 5.82 Å². The largest absolute Gasteiger partial charge is 0.495 e. The lowest BCUT2D eigenvalue weighted by Crippen LogP contribution is -2.24. The number of methoxy groups -OCH3 is 1. The summed E-state index contributed by atoms with van der Waals surface area (Å²) in [6.07, 6.45) is 4.55. The molecule has 0 N–H and O–H groups in total. The predicted molar refractivity (Wildman–Crippen MR) is 102 cm³/mol. The molecule has 1 fully saturated rings. The van der Waals surface area contributed by atoms with Gasteiger partial charge in [0.1, 0.15) is 11.9 Å². The first-order chi connectivity index (χ1) is 14.1. The van der Waals surface area contributed by atoms with E-state index in [9.17, 15) is 9.18 Å². The number of ether oxygens (including phenoxy) is 1. The van der Waals surface area contributed by atoms with Crippen LogP contribution < -0.4 is 14.5 Å². The highest BCUT2D eigenvalue weighted by Gasteiger charge is 2.32. The average Bonchev–Trinajstić information content (AvgIpc) is 3.44. The summed E-state index contributed by atoms with van der Waals surface area (Å²) in [5.41, 5.74) is 1.82. The molecule has 1 saturated heterocycles. The maximum Gasteiger partial charge on any atom is 0.262 e. The molecular formula is C19H18FN7O2. The van der Waals surface area contributed by atoms with Crippen molar-refractivity contribution in [2.24, 2.45) is 0 Å². The topological polar surface area (TPSA) is 89.3 Å². The zero-order valence-electron chi connectivity index (χ0n) is 15.7. The molecule has 5 rings (SSSR count). The summed E-state index contributed by atoms with van der Waals surface area (Å²) < 4.78 is 20.1. The van der Waals surface area contributed by atoms with Crippen LogP contribution in [0.3, 0.4) is 0 Å². The second kappa shape index (κ2) is 6.80. The molecule has 3 aromatic rings. The maximum absolute atomic E-state index is 13.4. The molecule has 0 unspecified atom stereocenters. The Morgan fingerprint density at radius 1 is 1.21 bits per heavy atom. The molecule has 0 spiro atoms. The van der Waals surface area contributed by atoms with Crippen LogP contribution in [0, 0.1) is 0 Å². The molecule has 0 radical (unpaired) electrons. The van der Waals surface area contributed by atoms with Gasteiger partial charge in [-0.3, -0.25) is 9.78 Å². The maximum atomic E-state index is 13.4. The first-order valence-electron chi connectivity index (χ1n) is 9.25. The van der Waals surface area contributed by atoms with Crippen molar-refractivity contribution >= 4 is 17.4 Å². The average molecular weight is 395 g/mol. The summed E-state index contributed by atoms with van der Waals surface area (Å²) in [6.45, 7) is 1.31. The molecule has 9 nitrogen and oxygen atoms in total. The van der Waals surface area contributed by atoms with E-state index in [0.717, 1.165) is 0 Å². The van der Waals surface area contributed by atoms with Crippen molar-refractivity contribution in [3.63, 3.8) is 0 Å². The highest BCUT2D eigenvalue weighted by Crippen LogP contribution is 2.29. The standard InChI is InChI=1S/C19H18FN7O2/c1-29-14-6-13(7-21-8-14)26-11-16-15(19(26)28)10-27(24-16)18-3-2-17(22-23-18)25-5-4-12(20)9-25/h2-3,6-8,10,12H,4-5,9,11H2,1H3/t12-/m1/s1. The summed E-state index contributed by atoms with van der Waals surface area (Å²) >= 11 is 0. The van der Waals surface area contributed by atoms with Crippen LogP contribution >= 0.6 is 0 Å².